The predicted molar refractivity (Wildman–Crippen MR) is 158 cm³/mol. The van der Waals surface area contributed by atoms with E-state index in [1.807, 2.05) is 36.4 Å². The second-order valence-corrected chi connectivity index (χ2v) is 10.5. The molecule has 0 aliphatic heterocycles. The number of pyridine rings is 1. The molecule has 10 nitrogen and oxygen atoms in total. The number of carbonyl (C=O) groups is 1. The van der Waals surface area contributed by atoms with E-state index in [0.717, 1.165) is 33.7 Å². The SMILES string of the molecule is COc1ccc(OC)c(-c2cc(-c3ccccc3)nc3sc(C(=O)c4c(O)on[n+]4-c4ccc(OC(F)(F)F)cc4)c(N)c23)c1. The smallest absolute Gasteiger partial charge is 0.497 e. The number of halogens is 3. The molecule has 3 N–H and O–H groups in total. The van der Waals surface area contributed by atoms with Crippen molar-refractivity contribution < 1.29 is 46.5 Å². The van der Waals surface area contributed by atoms with Gasteiger partial charge in [-0.2, -0.15) is 0 Å². The van der Waals surface area contributed by atoms with Crippen molar-refractivity contribution in [2.45, 2.75) is 6.36 Å². The largest absolute Gasteiger partial charge is 0.573 e. The average Bonchev–Trinajstić information content (AvgIpc) is 3.59. The number of nitrogens with zero attached hydrogens (tertiary/aromatic N) is 3. The van der Waals surface area contributed by atoms with E-state index in [4.69, 9.17) is 24.7 Å². The van der Waals surface area contributed by atoms with E-state index in [-0.39, 0.29) is 16.3 Å². The Labute approximate surface area is 256 Å². The van der Waals surface area contributed by atoms with Crippen molar-refractivity contribution in [2.24, 2.45) is 0 Å². The molecule has 14 heteroatoms. The lowest BCUT2D eigenvalue weighted by Crippen LogP contribution is -2.38. The summed E-state index contributed by atoms with van der Waals surface area (Å²) in [6.07, 6.45) is -4.89. The first kappa shape index (κ1) is 29.4. The molecule has 0 bridgehead atoms. The molecule has 0 atom stereocenters. The minimum atomic E-state index is -4.89. The van der Waals surface area contributed by atoms with E-state index in [9.17, 15) is 23.1 Å². The molecule has 0 unspecified atom stereocenters. The van der Waals surface area contributed by atoms with Crippen LogP contribution in [-0.4, -0.2) is 41.7 Å². The van der Waals surface area contributed by atoms with Crippen LogP contribution in [0, 0.1) is 0 Å². The van der Waals surface area contributed by atoms with Crippen LogP contribution in [0.3, 0.4) is 0 Å². The number of methoxy groups -OCH3 is 2. The van der Waals surface area contributed by atoms with Gasteiger partial charge in [0, 0.05) is 38.9 Å². The van der Waals surface area contributed by atoms with E-state index in [2.05, 4.69) is 10.0 Å². The van der Waals surface area contributed by atoms with Gasteiger partial charge in [0.25, 0.3) is 5.78 Å². The zero-order valence-corrected chi connectivity index (χ0v) is 24.3. The number of carbonyl (C=O) groups excluding carboxylic acids is 1. The molecular weight excluding hydrogens is 613 g/mol. The Hall–Kier alpha value is -5.63. The van der Waals surface area contributed by atoms with Gasteiger partial charge in [-0.1, -0.05) is 30.3 Å². The van der Waals surface area contributed by atoms with Crippen molar-refractivity contribution in [3.05, 3.63) is 89.4 Å². The number of thiophene rings is 1. The van der Waals surface area contributed by atoms with Crippen molar-refractivity contribution >= 4 is 33.0 Å². The van der Waals surface area contributed by atoms with E-state index in [1.165, 1.54) is 26.4 Å². The quantitative estimate of drug-likeness (QED) is 0.145. The summed E-state index contributed by atoms with van der Waals surface area (Å²) < 4.78 is 58.8. The van der Waals surface area contributed by atoms with Crippen LogP contribution in [0.4, 0.5) is 18.9 Å². The zero-order chi connectivity index (χ0) is 31.9. The number of rotatable bonds is 8. The van der Waals surface area contributed by atoms with Crippen LogP contribution in [-0.2, 0) is 0 Å². The van der Waals surface area contributed by atoms with Crippen molar-refractivity contribution in [1.29, 1.82) is 0 Å². The Morgan fingerprint density at radius 1 is 0.956 bits per heavy atom. The standard InChI is InChI=1S/C31H21F3N4O6S/c1-41-19-12-13-23(42-2)20(14-19)21-15-22(16-6-4-3-5-7-16)36-29-24(21)25(35)28(45-29)27(39)26-30(40)44-37-38(26)17-8-10-18(11-9-17)43-31(32,33)34/h3-15H,1-2H3,(H2-,35,37,39,40)/p+1. The molecule has 228 valence electrons. The van der Waals surface area contributed by atoms with E-state index < -0.39 is 29.5 Å². The predicted octanol–water partition coefficient (Wildman–Crippen LogP) is 6.33. The van der Waals surface area contributed by atoms with Gasteiger partial charge in [-0.25, -0.2) is 4.98 Å². The Morgan fingerprint density at radius 3 is 2.33 bits per heavy atom. The number of nitrogen functional groups attached to an aromatic ring is 1. The third-order valence-corrected chi connectivity index (χ3v) is 7.92. The first-order chi connectivity index (χ1) is 21.6. The summed E-state index contributed by atoms with van der Waals surface area (Å²) in [5.41, 5.74) is 9.12. The highest BCUT2D eigenvalue weighted by Gasteiger charge is 2.38. The summed E-state index contributed by atoms with van der Waals surface area (Å²) in [6, 6.07) is 21.1. The fourth-order valence-electron chi connectivity index (χ4n) is 4.80. The van der Waals surface area contributed by atoms with Crippen LogP contribution in [0.25, 0.3) is 38.3 Å². The lowest BCUT2D eigenvalue weighted by Gasteiger charge is -2.13. The first-order valence-electron chi connectivity index (χ1n) is 13.1. The lowest BCUT2D eigenvalue weighted by atomic mass is 9.98. The Balaban J connectivity index is 1.52. The van der Waals surface area contributed by atoms with E-state index in [1.54, 1.807) is 18.2 Å². The zero-order valence-electron chi connectivity index (χ0n) is 23.5. The monoisotopic (exact) mass is 635 g/mol. The number of fused-ring (bicyclic) bond motifs is 1. The van der Waals surface area contributed by atoms with Crippen LogP contribution in [0.5, 0.6) is 23.2 Å². The Bertz CT molecular complexity index is 2040. The third kappa shape index (κ3) is 5.58. The maximum Gasteiger partial charge on any atom is 0.573 e. The number of aromatic nitrogens is 3. The minimum absolute atomic E-state index is 0.0232. The maximum atomic E-state index is 14.0. The maximum absolute atomic E-state index is 14.0. The summed E-state index contributed by atoms with van der Waals surface area (Å²) in [7, 11) is 3.07. The summed E-state index contributed by atoms with van der Waals surface area (Å²) in [6.45, 7) is 0. The summed E-state index contributed by atoms with van der Waals surface area (Å²) >= 11 is 0.996. The van der Waals surface area contributed by atoms with Crippen molar-refractivity contribution in [1.82, 2.24) is 10.3 Å². The molecule has 0 radical (unpaired) electrons. The highest BCUT2D eigenvalue weighted by atomic mass is 32.1. The van der Waals surface area contributed by atoms with Gasteiger partial charge in [-0.05, 0) is 36.4 Å². The fraction of sp³-hybridized carbons (Fsp3) is 0.0968. The minimum Gasteiger partial charge on any atom is -0.497 e. The van der Waals surface area contributed by atoms with Gasteiger partial charge in [-0.3, -0.25) is 9.32 Å². The molecule has 6 rings (SSSR count). The number of hydrogen-bond donors (Lipinski definition) is 2. The lowest BCUT2D eigenvalue weighted by molar-refractivity contribution is -0.672. The Morgan fingerprint density at radius 2 is 1.67 bits per heavy atom. The molecule has 45 heavy (non-hydrogen) atoms. The van der Waals surface area contributed by atoms with Gasteiger partial charge >= 0.3 is 18.0 Å². The summed E-state index contributed by atoms with van der Waals surface area (Å²) in [5.74, 6) is -0.978. The highest BCUT2D eigenvalue weighted by Crippen LogP contribution is 2.45. The van der Waals surface area contributed by atoms with Crippen LogP contribution in [0.1, 0.15) is 15.4 Å². The third-order valence-electron chi connectivity index (χ3n) is 6.82. The molecule has 0 fully saturated rings. The molecule has 0 saturated heterocycles. The van der Waals surface area contributed by atoms with E-state index in [0.29, 0.717) is 38.5 Å². The van der Waals surface area contributed by atoms with Crippen molar-refractivity contribution in [2.75, 3.05) is 20.0 Å². The van der Waals surface area contributed by atoms with Crippen LogP contribution < -0.4 is 24.6 Å². The summed E-state index contributed by atoms with van der Waals surface area (Å²) in [4.78, 5) is 19.3. The van der Waals surface area contributed by atoms with Gasteiger partial charge in [0.15, 0.2) is 0 Å². The second kappa shape index (κ2) is 11.5. The molecule has 6 aromatic rings. The van der Waals surface area contributed by atoms with Gasteiger partial charge in [0.2, 0.25) is 11.0 Å². The molecular formula is C31H22F3N4O6S+. The topological polar surface area (TPSA) is 134 Å². The first-order valence-corrected chi connectivity index (χ1v) is 13.9. The Kier molecular flexibility index (Phi) is 7.50. The fourth-order valence-corrected chi connectivity index (χ4v) is 5.86. The number of benzene rings is 3. The highest BCUT2D eigenvalue weighted by molar-refractivity contribution is 7.21. The molecule has 0 amide bonds. The molecule has 0 saturated carbocycles. The van der Waals surface area contributed by atoms with Gasteiger partial charge < -0.3 is 25.1 Å². The van der Waals surface area contributed by atoms with Gasteiger partial charge in [0.1, 0.15) is 27.0 Å². The second-order valence-electron chi connectivity index (χ2n) is 9.52. The normalized spacial score (nSPS) is 11.5. The molecule has 0 spiro atoms. The molecule has 3 heterocycles. The van der Waals surface area contributed by atoms with Gasteiger partial charge in [-0.15, -0.1) is 24.5 Å². The number of ketones is 1. The summed E-state index contributed by atoms with van der Waals surface area (Å²) in [5, 5.41) is 14.7. The number of alkyl halides is 3. The molecule has 3 aromatic heterocycles. The average molecular weight is 636 g/mol. The number of nitrogens with two attached hydrogens (primary N) is 1. The molecule has 3 aromatic carbocycles. The van der Waals surface area contributed by atoms with Crippen molar-refractivity contribution in [3.63, 3.8) is 0 Å². The number of aromatic hydroxyl groups is 1. The van der Waals surface area contributed by atoms with Crippen LogP contribution >= 0.6 is 11.3 Å². The number of anilines is 1. The van der Waals surface area contributed by atoms with Crippen LogP contribution in [0.15, 0.2) is 83.4 Å². The van der Waals surface area contributed by atoms with E-state index >= 15 is 0 Å². The van der Waals surface area contributed by atoms with Crippen molar-refractivity contribution in [3.8, 4) is 51.3 Å². The molecule has 0 aliphatic rings. The van der Waals surface area contributed by atoms with Crippen LogP contribution in [0.2, 0.25) is 0 Å². The number of hydrogen-bond acceptors (Lipinski definition) is 10. The molecule has 0 aliphatic carbocycles. The number of ether oxygens (including phenoxy) is 3. The van der Waals surface area contributed by atoms with Gasteiger partial charge in [0.05, 0.1) is 25.6 Å².